The molecule has 26 heavy (non-hydrogen) atoms. The van der Waals surface area contributed by atoms with Crippen LogP contribution in [0.4, 0.5) is 0 Å². The van der Waals surface area contributed by atoms with E-state index in [1.165, 1.54) is 11.8 Å². The highest BCUT2D eigenvalue weighted by Gasteiger charge is 2.28. The highest BCUT2D eigenvalue weighted by Crippen LogP contribution is 2.27. The van der Waals surface area contributed by atoms with E-state index < -0.39 is 0 Å². The first-order valence-corrected chi connectivity index (χ1v) is 10.2. The smallest absolute Gasteiger partial charge is 0.254 e. The van der Waals surface area contributed by atoms with E-state index in [0.717, 1.165) is 43.7 Å². The van der Waals surface area contributed by atoms with Crippen LogP contribution >= 0.6 is 11.8 Å². The minimum atomic E-state index is -0.197. The van der Waals surface area contributed by atoms with Crippen molar-refractivity contribution in [2.24, 2.45) is 5.92 Å². The van der Waals surface area contributed by atoms with Crippen molar-refractivity contribution in [3.05, 3.63) is 22.1 Å². The summed E-state index contributed by atoms with van der Waals surface area (Å²) in [6.07, 6.45) is 0. The Labute approximate surface area is 158 Å². The molecular formula is C18H28N4O3S. The predicted octanol–water partition coefficient (Wildman–Crippen LogP) is 0.711. The molecule has 0 spiro atoms. The van der Waals surface area contributed by atoms with E-state index in [1.54, 1.807) is 10.6 Å². The fraction of sp³-hybridized carbons (Fsp3) is 0.722. The van der Waals surface area contributed by atoms with Crippen LogP contribution in [0.5, 0.6) is 0 Å². The average molecular weight is 381 g/mol. The van der Waals surface area contributed by atoms with Crippen LogP contribution in [-0.4, -0.2) is 65.5 Å². The van der Waals surface area contributed by atoms with Crippen molar-refractivity contribution in [1.29, 1.82) is 0 Å². The van der Waals surface area contributed by atoms with Gasteiger partial charge in [0.05, 0.1) is 24.8 Å². The minimum absolute atomic E-state index is 0.0169. The first-order chi connectivity index (χ1) is 12.3. The van der Waals surface area contributed by atoms with Crippen molar-refractivity contribution in [2.75, 3.05) is 45.1 Å². The molecule has 0 bridgehead atoms. The second-order valence-electron chi connectivity index (χ2n) is 7.88. The maximum absolute atomic E-state index is 12.5. The molecule has 1 unspecified atom stereocenters. The van der Waals surface area contributed by atoms with Crippen LogP contribution in [0.3, 0.4) is 0 Å². The molecule has 8 heteroatoms. The number of morpholine rings is 1. The lowest BCUT2D eigenvalue weighted by atomic mass is 9.92. The maximum atomic E-state index is 12.5. The summed E-state index contributed by atoms with van der Waals surface area (Å²) in [6, 6.07) is 1.60. The van der Waals surface area contributed by atoms with E-state index in [9.17, 15) is 9.59 Å². The van der Waals surface area contributed by atoms with Gasteiger partial charge in [-0.1, -0.05) is 32.5 Å². The maximum Gasteiger partial charge on any atom is 0.254 e. The monoisotopic (exact) mass is 380 g/mol. The number of aromatic nitrogens is 2. The molecule has 7 nitrogen and oxygen atoms in total. The van der Waals surface area contributed by atoms with Crippen LogP contribution in [0.2, 0.25) is 0 Å². The van der Waals surface area contributed by atoms with Gasteiger partial charge in [-0.05, 0) is 0 Å². The number of nitrogens with one attached hydrogen (secondary N) is 1. The molecule has 0 radical (unpaired) electrons. The predicted molar refractivity (Wildman–Crippen MR) is 102 cm³/mol. The van der Waals surface area contributed by atoms with Gasteiger partial charge in [0, 0.05) is 50.0 Å². The molecule has 2 aliphatic rings. The van der Waals surface area contributed by atoms with Gasteiger partial charge in [0.15, 0.2) is 5.16 Å². The molecule has 0 saturated carbocycles. The number of carbonyl (C=O) groups is 1. The zero-order valence-corrected chi connectivity index (χ0v) is 16.6. The molecule has 2 aliphatic heterocycles. The van der Waals surface area contributed by atoms with Gasteiger partial charge >= 0.3 is 0 Å². The van der Waals surface area contributed by atoms with E-state index in [1.807, 2.05) is 20.8 Å². The third-order valence-corrected chi connectivity index (χ3v) is 5.90. The number of amides is 1. The second kappa shape index (κ2) is 8.10. The van der Waals surface area contributed by atoms with Crippen LogP contribution in [0.25, 0.3) is 0 Å². The van der Waals surface area contributed by atoms with Crippen molar-refractivity contribution in [3.63, 3.8) is 0 Å². The third kappa shape index (κ3) is 4.66. The van der Waals surface area contributed by atoms with Gasteiger partial charge in [-0.15, -0.1) is 0 Å². The molecule has 0 aromatic carbocycles. The molecule has 1 aromatic heterocycles. The third-order valence-electron chi connectivity index (χ3n) is 4.76. The Hall–Kier alpha value is -1.38. The van der Waals surface area contributed by atoms with Crippen LogP contribution in [0.15, 0.2) is 16.0 Å². The summed E-state index contributed by atoms with van der Waals surface area (Å²) in [6.45, 7) is 11.4. The van der Waals surface area contributed by atoms with E-state index in [2.05, 4.69) is 15.2 Å². The lowest BCUT2D eigenvalue weighted by molar-refractivity contribution is -0.124. The molecule has 1 saturated heterocycles. The second-order valence-corrected chi connectivity index (χ2v) is 8.86. The van der Waals surface area contributed by atoms with Gasteiger partial charge in [-0.2, -0.15) is 0 Å². The average Bonchev–Trinajstić information content (AvgIpc) is 2.61. The van der Waals surface area contributed by atoms with Crippen molar-refractivity contribution in [3.8, 4) is 0 Å². The van der Waals surface area contributed by atoms with Gasteiger partial charge in [0.1, 0.15) is 0 Å². The Morgan fingerprint density at radius 3 is 2.81 bits per heavy atom. The van der Waals surface area contributed by atoms with Gasteiger partial charge < -0.3 is 10.1 Å². The Kier molecular flexibility index (Phi) is 6.04. The fourth-order valence-corrected chi connectivity index (χ4v) is 4.15. The molecule has 1 amide bonds. The highest BCUT2D eigenvalue weighted by atomic mass is 32.2. The van der Waals surface area contributed by atoms with Gasteiger partial charge in [0.25, 0.3) is 5.56 Å². The van der Waals surface area contributed by atoms with Crippen LogP contribution < -0.4 is 10.9 Å². The number of hydrogen-bond donors (Lipinski definition) is 1. The van der Waals surface area contributed by atoms with Crippen molar-refractivity contribution >= 4 is 17.7 Å². The Morgan fingerprint density at radius 2 is 2.12 bits per heavy atom. The summed E-state index contributed by atoms with van der Waals surface area (Å²) < 4.78 is 6.96. The molecule has 3 rings (SSSR count). The zero-order valence-electron chi connectivity index (χ0n) is 15.8. The topological polar surface area (TPSA) is 76.5 Å². The molecule has 144 valence electrons. The Balaban J connectivity index is 1.57. The Bertz CT molecular complexity index is 707. The van der Waals surface area contributed by atoms with Crippen LogP contribution in [0.1, 0.15) is 26.5 Å². The van der Waals surface area contributed by atoms with Gasteiger partial charge in [-0.25, -0.2) is 4.98 Å². The van der Waals surface area contributed by atoms with Crippen LogP contribution in [0, 0.1) is 5.92 Å². The lowest BCUT2D eigenvalue weighted by Crippen LogP contribution is -2.44. The largest absolute Gasteiger partial charge is 0.379 e. The summed E-state index contributed by atoms with van der Waals surface area (Å²) in [5.74, 6) is 0.476. The van der Waals surface area contributed by atoms with E-state index in [0.29, 0.717) is 18.8 Å². The van der Waals surface area contributed by atoms with Gasteiger partial charge in [-0.3, -0.25) is 19.1 Å². The van der Waals surface area contributed by atoms with E-state index in [-0.39, 0.29) is 22.8 Å². The standard InChI is InChI=1S/C18H28N4O3S/c1-18(2,3)14-10-15(23)22-11-13(12-26-17(22)20-14)16(24)19-4-5-21-6-8-25-9-7-21/h10,13H,4-9,11-12H2,1-3H3,(H,19,24). The summed E-state index contributed by atoms with van der Waals surface area (Å²) in [5, 5.41) is 3.74. The number of nitrogens with zero attached hydrogens (tertiary/aromatic N) is 3. The number of hydrogen-bond acceptors (Lipinski definition) is 6. The SMILES string of the molecule is CC(C)(C)c1cc(=O)n2c(n1)SCC(C(=O)NCCN1CCOCC1)C2. The molecule has 1 fully saturated rings. The molecule has 1 atom stereocenters. The quantitative estimate of drug-likeness (QED) is 0.776. The van der Waals surface area contributed by atoms with E-state index in [4.69, 9.17) is 4.74 Å². The molecule has 1 aromatic rings. The molecule has 1 N–H and O–H groups in total. The fourth-order valence-electron chi connectivity index (χ4n) is 3.06. The summed E-state index contributed by atoms with van der Waals surface area (Å²) >= 11 is 1.50. The Morgan fingerprint density at radius 1 is 1.38 bits per heavy atom. The van der Waals surface area contributed by atoms with E-state index >= 15 is 0 Å². The number of rotatable bonds is 4. The summed E-state index contributed by atoms with van der Waals surface area (Å²) in [5.41, 5.74) is 0.566. The normalized spacial score (nSPS) is 21.3. The van der Waals surface area contributed by atoms with Crippen molar-refractivity contribution < 1.29 is 9.53 Å². The minimum Gasteiger partial charge on any atom is -0.379 e. The zero-order chi connectivity index (χ0) is 18.7. The highest BCUT2D eigenvalue weighted by molar-refractivity contribution is 7.99. The summed E-state index contributed by atoms with van der Waals surface area (Å²) in [4.78, 5) is 31.9. The number of thioether (sulfide) groups is 1. The summed E-state index contributed by atoms with van der Waals surface area (Å²) in [7, 11) is 0. The number of fused-ring (bicyclic) bond motifs is 1. The first-order valence-electron chi connectivity index (χ1n) is 9.17. The van der Waals surface area contributed by atoms with Crippen LogP contribution in [-0.2, 0) is 21.5 Å². The molecular weight excluding hydrogens is 352 g/mol. The van der Waals surface area contributed by atoms with Crippen molar-refractivity contribution in [1.82, 2.24) is 19.8 Å². The lowest BCUT2D eigenvalue weighted by Gasteiger charge is -2.28. The first kappa shape index (κ1) is 19.4. The molecule has 3 heterocycles. The number of carbonyl (C=O) groups excluding carboxylic acids is 1. The van der Waals surface area contributed by atoms with Crippen molar-refractivity contribution in [2.45, 2.75) is 37.9 Å². The molecule has 0 aliphatic carbocycles. The number of ether oxygens (including phenoxy) is 1. The van der Waals surface area contributed by atoms with Gasteiger partial charge in [0.2, 0.25) is 5.91 Å².